The maximum Gasteiger partial charge on any atom is 0.254 e. The highest BCUT2D eigenvalue weighted by Gasteiger charge is 2.25. The number of hydrogen-bond acceptors (Lipinski definition) is 6. The minimum absolute atomic E-state index is 0.0751. The van der Waals surface area contributed by atoms with E-state index in [1.165, 1.54) is 0 Å². The first-order valence-corrected chi connectivity index (χ1v) is 7.06. The van der Waals surface area contributed by atoms with Crippen molar-refractivity contribution < 1.29 is 9.59 Å². The molecule has 1 saturated carbocycles. The van der Waals surface area contributed by atoms with Crippen LogP contribution in [0.1, 0.15) is 24.8 Å². The molecule has 1 saturated heterocycles. The molecule has 3 heterocycles. The summed E-state index contributed by atoms with van der Waals surface area (Å²) < 4.78 is 1.66. The minimum Gasteiger partial charge on any atom is -0.384 e. The first-order valence-electron chi connectivity index (χ1n) is 7.06. The van der Waals surface area contributed by atoms with Crippen LogP contribution in [0.5, 0.6) is 0 Å². The summed E-state index contributed by atoms with van der Waals surface area (Å²) in [7, 11) is 0. The summed E-state index contributed by atoms with van der Waals surface area (Å²) in [4.78, 5) is 27.2. The monoisotopic (exact) mass is 298 g/mol. The molecule has 1 aliphatic heterocycles. The molecular formula is C14H14N6O2. The van der Waals surface area contributed by atoms with Crippen molar-refractivity contribution >= 4 is 35.2 Å². The molecule has 1 aliphatic carbocycles. The predicted molar refractivity (Wildman–Crippen MR) is 79.8 cm³/mol. The number of nitrogens with zero attached hydrogens (tertiary/aromatic N) is 3. The van der Waals surface area contributed by atoms with E-state index < -0.39 is 0 Å². The topological polar surface area (TPSA) is 114 Å². The van der Waals surface area contributed by atoms with E-state index in [2.05, 4.69) is 20.7 Å². The molecule has 0 unspecified atom stereocenters. The normalized spacial score (nSPS) is 19.9. The Morgan fingerprint density at radius 2 is 2.23 bits per heavy atom. The highest BCUT2D eigenvalue weighted by molar-refractivity contribution is 6.15. The molecule has 0 radical (unpaired) electrons. The molecule has 4 rings (SSSR count). The largest absolute Gasteiger partial charge is 0.384 e. The lowest BCUT2D eigenvalue weighted by molar-refractivity contribution is -0.124. The fraction of sp³-hybridized carbons (Fsp3) is 0.286. The van der Waals surface area contributed by atoms with Gasteiger partial charge in [-0.2, -0.15) is 9.61 Å². The fourth-order valence-corrected chi connectivity index (χ4v) is 2.45. The summed E-state index contributed by atoms with van der Waals surface area (Å²) in [5.41, 5.74) is 7.48. The molecule has 2 aromatic rings. The zero-order chi connectivity index (χ0) is 15.3. The van der Waals surface area contributed by atoms with Crippen molar-refractivity contribution in [1.29, 1.82) is 0 Å². The second kappa shape index (κ2) is 4.55. The Bertz CT molecular complexity index is 833. The number of hydrogen-bond donors (Lipinski definition) is 3. The van der Waals surface area contributed by atoms with E-state index in [9.17, 15) is 9.59 Å². The number of nitrogens with two attached hydrogens (primary N) is 1. The molecule has 0 spiro atoms. The maximum absolute atomic E-state index is 11.6. The lowest BCUT2D eigenvalue weighted by Gasteiger charge is -2.07. The molecule has 0 atom stereocenters. The summed E-state index contributed by atoms with van der Waals surface area (Å²) in [5, 5.41) is 9.90. The van der Waals surface area contributed by atoms with Gasteiger partial charge < -0.3 is 11.1 Å². The zero-order valence-electron chi connectivity index (χ0n) is 11.7. The van der Waals surface area contributed by atoms with E-state index in [0.29, 0.717) is 28.6 Å². The maximum atomic E-state index is 11.6. The van der Waals surface area contributed by atoms with Gasteiger partial charge in [0.15, 0.2) is 5.65 Å². The lowest BCUT2D eigenvalue weighted by Crippen LogP contribution is -2.19. The van der Waals surface area contributed by atoms with Crippen molar-refractivity contribution in [3.05, 3.63) is 23.4 Å². The SMILES string of the molecule is Nc1cc(NC2CC2)n2ncc(/C=C3\CC(=O)NC3=O)c2n1. The van der Waals surface area contributed by atoms with Crippen LogP contribution in [0.2, 0.25) is 0 Å². The van der Waals surface area contributed by atoms with Gasteiger partial charge in [0, 0.05) is 23.2 Å². The highest BCUT2D eigenvalue weighted by Crippen LogP contribution is 2.27. The van der Waals surface area contributed by atoms with E-state index in [1.807, 2.05) is 0 Å². The summed E-state index contributed by atoms with van der Waals surface area (Å²) in [6.45, 7) is 0. The first-order chi connectivity index (χ1) is 10.6. The summed E-state index contributed by atoms with van der Waals surface area (Å²) in [6, 6.07) is 2.19. The van der Waals surface area contributed by atoms with Crippen molar-refractivity contribution in [3.8, 4) is 0 Å². The van der Waals surface area contributed by atoms with Gasteiger partial charge in [-0.05, 0) is 18.9 Å². The Labute approximate surface area is 125 Å². The quantitative estimate of drug-likeness (QED) is 0.555. The summed E-state index contributed by atoms with van der Waals surface area (Å²) >= 11 is 0. The van der Waals surface area contributed by atoms with Gasteiger partial charge in [0.05, 0.1) is 12.6 Å². The Kier molecular flexibility index (Phi) is 2.65. The predicted octanol–water partition coefficient (Wildman–Crippen LogP) is 0.316. The molecule has 2 aromatic heterocycles. The van der Waals surface area contributed by atoms with Crippen molar-refractivity contribution in [2.45, 2.75) is 25.3 Å². The van der Waals surface area contributed by atoms with Crippen LogP contribution >= 0.6 is 0 Å². The molecule has 8 nitrogen and oxygen atoms in total. The van der Waals surface area contributed by atoms with Crippen LogP contribution in [-0.4, -0.2) is 32.5 Å². The molecule has 8 heteroatoms. The molecular weight excluding hydrogens is 284 g/mol. The van der Waals surface area contributed by atoms with Gasteiger partial charge >= 0.3 is 0 Å². The molecule has 0 aromatic carbocycles. The van der Waals surface area contributed by atoms with Crippen molar-refractivity contribution in [3.63, 3.8) is 0 Å². The molecule has 2 aliphatic rings. The Hall–Kier alpha value is -2.90. The van der Waals surface area contributed by atoms with Crippen LogP contribution in [0.4, 0.5) is 11.6 Å². The van der Waals surface area contributed by atoms with Gasteiger partial charge in [0.25, 0.3) is 5.91 Å². The number of imide groups is 1. The number of carbonyl (C=O) groups excluding carboxylic acids is 2. The van der Waals surface area contributed by atoms with Gasteiger partial charge in [-0.3, -0.25) is 14.9 Å². The zero-order valence-corrected chi connectivity index (χ0v) is 11.7. The molecule has 22 heavy (non-hydrogen) atoms. The number of anilines is 2. The second-order valence-corrected chi connectivity index (χ2v) is 5.54. The number of amides is 2. The standard InChI is InChI=1S/C14H14N6O2/c15-10-5-11(17-9-1-2-9)20-13(18-10)8(6-16-20)3-7-4-12(21)19-14(7)22/h3,5-6,9,17H,1-2,4H2,(H2,15,18)(H,19,21,22)/b7-3+. The van der Waals surface area contributed by atoms with Crippen LogP contribution in [0.15, 0.2) is 17.8 Å². The van der Waals surface area contributed by atoms with E-state index in [0.717, 1.165) is 18.7 Å². The summed E-state index contributed by atoms with van der Waals surface area (Å²) in [6.07, 6.45) is 5.58. The summed E-state index contributed by atoms with van der Waals surface area (Å²) in [5.74, 6) is 0.491. The van der Waals surface area contributed by atoms with Gasteiger partial charge in [-0.15, -0.1) is 0 Å². The molecule has 2 amide bonds. The van der Waals surface area contributed by atoms with Crippen molar-refractivity contribution in [2.75, 3.05) is 11.1 Å². The number of nitrogens with one attached hydrogen (secondary N) is 2. The number of aromatic nitrogens is 3. The van der Waals surface area contributed by atoms with E-state index >= 15 is 0 Å². The first kappa shape index (κ1) is 12.8. The third kappa shape index (κ3) is 2.18. The molecule has 4 N–H and O–H groups in total. The van der Waals surface area contributed by atoms with Gasteiger partial charge in [0.1, 0.15) is 11.6 Å². The number of carbonyl (C=O) groups is 2. The van der Waals surface area contributed by atoms with Gasteiger partial charge in [-0.1, -0.05) is 0 Å². The number of rotatable bonds is 3. The van der Waals surface area contributed by atoms with E-state index in [1.54, 1.807) is 22.9 Å². The van der Waals surface area contributed by atoms with Gasteiger partial charge in [-0.25, -0.2) is 4.98 Å². The van der Waals surface area contributed by atoms with Crippen LogP contribution in [-0.2, 0) is 9.59 Å². The smallest absolute Gasteiger partial charge is 0.254 e. The Balaban J connectivity index is 1.79. The number of nitrogen functional groups attached to an aromatic ring is 1. The third-order valence-electron chi connectivity index (χ3n) is 3.67. The van der Waals surface area contributed by atoms with Crippen LogP contribution in [0.25, 0.3) is 11.7 Å². The lowest BCUT2D eigenvalue weighted by atomic mass is 10.1. The molecule has 2 fully saturated rings. The van der Waals surface area contributed by atoms with Crippen molar-refractivity contribution in [2.24, 2.45) is 0 Å². The van der Waals surface area contributed by atoms with Crippen LogP contribution in [0, 0.1) is 0 Å². The Morgan fingerprint density at radius 3 is 2.91 bits per heavy atom. The Morgan fingerprint density at radius 1 is 1.41 bits per heavy atom. The molecule has 0 bridgehead atoms. The van der Waals surface area contributed by atoms with Gasteiger partial charge in [0.2, 0.25) is 5.91 Å². The average molecular weight is 298 g/mol. The van der Waals surface area contributed by atoms with Crippen LogP contribution < -0.4 is 16.4 Å². The highest BCUT2D eigenvalue weighted by atomic mass is 16.2. The molecule has 112 valence electrons. The van der Waals surface area contributed by atoms with E-state index in [4.69, 9.17) is 5.73 Å². The average Bonchev–Trinajstić information content (AvgIpc) is 3.09. The van der Waals surface area contributed by atoms with Crippen molar-refractivity contribution in [1.82, 2.24) is 19.9 Å². The third-order valence-corrected chi connectivity index (χ3v) is 3.67. The second-order valence-electron chi connectivity index (χ2n) is 5.54. The fourth-order valence-electron chi connectivity index (χ4n) is 2.45. The number of fused-ring (bicyclic) bond motifs is 1. The van der Waals surface area contributed by atoms with E-state index in [-0.39, 0.29) is 18.2 Å². The minimum atomic E-state index is -0.371. The van der Waals surface area contributed by atoms with Crippen LogP contribution in [0.3, 0.4) is 0 Å².